The summed E-state index contributed by atoms with van der Waals surface area (Å²) in [5, 5.41) is 15.9. The lowest BCUT2D eigenvalue weighted by Crippen LogP contribution is -2.27. The summed E-state index contributed by atoms with van der Waals surface area (Å²) in [5.74, 6) is 0.195. The van der Waals surface area contributed by atoms with Crippen LogP contribution in [-0.2, 0) is 16.1 Å². The van der Waals surface area contributed by atoms with Crippen molar-refractivity contribution in [1.29, 1.82) is 0 Å². The Hall–Kier alpha value is -2.37. The molecule has 132 valence electrons. The van der Waals surface area contributed by atoms with E-state index in [0.29, 0.717) is 13.2 Å². The van der Waals surface area contributed by atoms with Gasteiger partial charge in [-0.3, -0.25) is 4.79 Å². The Bertz CT molecular complexity index is 726. The summed E-state index contributed by atoms with van der Waals surface area (Å²) in [5.41, 5.74) is 2.89. The number of benzene rings is 2. The second kappa shape index (κ2) is 8.14. The van der Waals surface area contributed by atoms with Gasteiger partial charge in [0.05, 0.1) is 0 Å². The minimum absolute atomic E-state index is 0.0734. The molecule has 2 aromatic rings. The molecule has 2 atom stereocenters. The molecule has 1 amide bonds. The van der Waals surface area contributed by atoms with E-state index in [4.69, 9.17) is 4.74 Å². The summed E-state index contributed by atoms with van der Waals surface area (Å²) in [4.78, 5) is 12.1. The molecule has 25 heavy (non-hydrogen) atoms. The summed E-state index contributed by atoms with van der Waals surface area (Å²) in [6, 6.07) is 15.2. The van der Waals surface area contributed by atoms with E-state index >= 15 is 0 Å². The van der Waals surface area contributed by atoms with Gasteiger partial charge in [0, 0.05) is 24.9 Å². The van der Waals surface area contributed by atoms with Crippen LogP contribution < -0.4 is 10.6 Å². The molecule has 0 aromatic heterocycles. The number of aromatic hydroxyl groups is 1. The molecule has 0 bridgehead atoms. The van der Waals surface area contributed by atoms with Gasteiger partial charge in [-0.15, -0.1) is 0 Å². The fourth-order valence-electron chi connectivity index (χ4n) is 2.95. The van der Waals surface area contributed by atoms with Gasteiger partial charge < -0.3 is 20.5 Å². The van der Waals surface area contributed by atoms with Crippen LogP contribution in [0.2, 0.25) is 0 Å². The SMILES string of the molecule is C[C@H](NCc1cccc(NC(=O)[C@@H]2CCCO2)c1)c1cccc(O)c1. The number of carbonyl (C=O) groups is 1. The van der Waals surface area contributed by atoms with Gasteiger partial charge in [0.15, 0.2) is 0 Å². The predicted octanol–water partition coefficient (Wildman–Crippen LogP) is 3.36. The molecular formula is C20H24N2O3. The van der Waals surface area contributed by atoms with Crippen LogP contribution in [0.3, 0.4) is 0 Å². The highest BCUT2D eigenvalue weighted by atomic mass is 16.5. The zero-order chi connectivity index (χ0) is 17.6. The molecule has 1 fully saturated rings. The standard InChI is InChI=1S/C20H24N2O3/c1-14(16-6-3-8-18(23)12-16)21-13-15-5-2-7-17(11-15)22-20(24)19-9-4-10-25-19/h2-3,5-8,11-12,14,19,21,23H,4,9-10,13H2,1H3,(H,22,24)/t14-,19-/m0/s1. The van der Waals surface area contributed by atoms with E-state index in [9.17, 15) is 9.90 Å². The lowest BCUT2D eigenvalue weighted by Gasteiger charge is -2.15. The number of anilines is 1. The number of rotatable bonds is 6. The summed E-state index contributed by atoms with van der Waals surface area (Å²) in [6.45, 7) is 3.38. The number of amides is 1. The smallest absolute Gasteiger partial charge is 0.253 e. The molecule has 1 heterocycles. The average molecular weight is 340 g/mol. The number of hydrogen-bond acceptors (Lipinski definition) is 4. The molecule has 1 aliphatic rings. The van der Waals surface area contributed by atoms with Crippen LogP contribution in [-0.4, -0.2) is 23.7 Å². The first-order chi connectivity index (χ1) is 12.1. The van der Waals surface area contributed by atoms with Gasteiger partial charge in [-0.1, -0.05) is 24.3 Å². The summed E-state index contributed by atoms with van der Waals surface area (Å²) in [7, 11) is 0. The van der Waals surface area contributed by atoms with Crippen molar-refractivity contribution in [2.24, 2.45) is 0 Å². The van der Waals surface area contributed by atoms with Gasteiger partial charge >= 0.3 is 0 Å². The van der Waals surface area contributed by atoms with E-state index in [1.54, 1.807) is 12.1 Å². The van der Waals surface area contributed by atoms with Gasteiger partial charge in [0.2, 0.25) is 0 Å². The number of phenols is 1. The molecule has 3 rings (SSSR count). The van der Waals surface area contributed by atoms with Crippen LogP contribution >= 0.6 is 0 Å². The molecule has 0 spiro atoms. The fourth-order valence-corrected chi connectivity index (χ4v) is 2.95. The predicted molar refractivity (Wildman–Crippen MR) is 97.4 cm³/mol. The quantitative estimate of drug-likeness (QED) is 0.754. The first kappa shape index (κ1) is 17.5. The number of nitrogens with one attached hydrogen (secondary N) is 2. The van der Waals surface area contributed by atoms with Crippen LogP contribution in [0.15, 0.2) is 48.5 Å². The largest absolute Gasteiger partial charge is 0.508 e. The highest BCUT2D eigenvalue weighted by Gasteiger charge is 2.23. The molecule has 1 saturated heterocycles. The molecule has 0 unspecified atom stereocenters. The van der Waals surface area contributed by atoms with Crippen molar-refractivity contribution in [2.75, 3.05) is 11.9 Å². The van der Waals surface area contributed by atoms with Crippen molar-refractivity contribution in [1.82, 2.24) is 5.32 Å². The highest BCUT2D eigenvalue weighted by molar-refractivity contribution is 5.94. The Morgan fingerprint density at radius 2 is 2.12 bits per heavy atom. The van der Waals surface area contributed by atoms with Crippen LogP contribution in [0.1, 0.15) is 36.9 Å². The van der Waals surface area contributed by atoms with Gasteiger partial charge in [-0.25, -0.2) is 0 Å². The third-order valence-corrected chi connectivity index (χ3v) is 4.40. The Kier molecular flexibility index (Phi) is 5.68. The van der Waals surface area contributed by atoms with Crippen LogP contribution in [0.5, 0.6) is 5.75 Å². The number of phenolic OH excluding ortho intramolecular Hbond substituents is 1. The summed E-state index contributed by atoms with van der Waals surface area (Å²) >= 11 is 0. The van der Waals surface area contributed by atoms with E-state index in [1.165, 1.54) is 0 Å². The molecular weight excluding hydrogens is 316 g/mol. The lowest BCUT2D eigenvalue weighted by molar-refractivity contribution is -0.124. The van der Waals surface area contributed by atoms with Crippen molar-refractivity contribution in [3.8, 4) is 5.75 Å². The van der Waals surface area contributed by atoms with E-state index in [2.05, 4.69) is 17.6 Å². The highest BCUT2D eigenvalue weighted by Crippen LogP contribution is 2.19. The van der Waals surface area contributed by atoms with Gasteiger partial charge in [-0.2, -0.15) is 0 Å². The number of hydrogen-bond donors (Lipinski definition) is 3. The summed E-state index contributed by atoms with van der Waals surface area (Å²) in [6.07, 6.45) is 1.40. The van der Waals surface area contributed by atoms with Crippen molar-refractivity contribution >= 4 is 11.6 Å². The Morgan fingerprint density at radius 3 is 2.88 bits per heavy atom. The monoisotopic (exact) mass is 340 g/mol. The van der Waals surface area contributed by atoms with Crippen molar-refractivity contribution < 1.29 is 14.6 Å². The van der Waals surface area contributed by atoms with Crippen molar-refractivity contribution in [3.63, 3.8) is 0 Å². The molecule has 3 N–H and O–H groups in total. The first-order valence-electron chi connectivity index (χ1n) is 8.65. The minimum Gasteiger partial charge on any atom is -0.508 e. The molecule has 2 aromatic carbocycles. The molecule has 5 heteroatoms. The Balaban J connectivity index is 1.57. The number of carbonyl (C=O) groups excluding carboxylic acids is 1. The average Bonchev–Trinajstić information content (AvgIpc) is 3.15. The maximum atomic E-state index is 12.1. The van der Waals surface area contributed by atoms with E-state index < -0.39 is 0 Å². The fraction of sp³-hybridized carbons (Fsp3) is 0.350. The zero-order valence-electron chi connectivity index (χ0n) is 14.4. The molecule has 0 saturated carbocycles. The van der Waals surface area contributed by atoms with E-state index in [-0.39, 0.29) is 23.8 Å². The van der Waals surface area contributed by atoms with Gasteiger partial charge in [0.25, 0.3) is 5.91 Å². The van der Waals surface area contributed by atoms with Crippen LogP contribution in [0.4, 0.5) is 5.69 Å². The summed E-state index contributed by atoms with van der Waals surface area (Å²) < 4.78 is 5.41. The zero-order valence-corrected chi connectivity index (χ0v) is 14.4. The van der Waals surface area contributed by atoms with Gasteiger partial charge in [0.1, 0.15) is 11.9 Å². The Labute approximate surface area is 148 Å². The second-order valence-corrected chi connectivity index (χ2v) is 6.39. The topological polar surface area (TPSA) is 70.6 Å². The third kappa shape index (κ3) is 4.81. The number of ether oxygens (including phenoxy) is 1. The molecule has 0 radical (unpaired) electrons. The van der Waals surface area contributed by atoms with E-state index in [0.717, 1.165) is 29.7 Å². The van der Waals surface area contributed by atoms with E-state index in [1.807, 2.05) is 36.4 Å². The first-order valence-corrected chi connectivity index (χ1v) is 8.65. The molecule has 1 aliphatic heterocycles. The lowest BCUT2D eigenvalue weighted by atomic mass is 10.1. The molecule has 0 aliphatic carbocycles. The third-order valence-electron chi connectivity index (χ3n) is 4.40. The van der Waals surface area contributed by atoms with Crippen molar-refractivity contribution in [2.45, 2.75) is 38.5 Å². The van der Waals surface area contributed by atoms with Crippen LogP contribution in [0, 0.1) is 0 Å². The normalized spacial score (nSPS) is 18.0. The van der Waals surface area contributed by atoms with Gasteiger partial charge in [-0.05, 0) is 55.2 Å². The van der Waals surface area contributed by atoms with Crippen molar-refractivity contribution in [3.05, 3.63) is 59.7 Å². The maximum absolute atomic E-state index is 12.1. The molecule has 5 nitrogen and oxygen atoms in total. The van der Waals surface area contributed by atoms with Crippen LogP contribution in [0.25, 0.3) is 0 Å². The second-order valence-electron chi connectivity index (χ2n) is 6.39. The Morgan fingerprint density at radius 1 is 1.28 bits per heavy atom. The maximum Gasteiger partial charge on any atom is 0.253 e. The minimum atomic E-state index is -0.326.